The van der Waals surface area contributed by atoms with Crippen molar-refractivity contribution in [2.24, 2.45) is 0 Å². The second kappa shape index (κ2) is 9.24. The minimum absolute atomic E-state index is 0.173. The molecule has 0 aliphatic carbocycles. The van der Waals surface area contributed by atoms with Crippen LogP contribution in [0.4, 0.5) is 5.69 Å². The van der Waals surface area contributed by atoms with Crippen LogP contribution in [-0.2, 0) is 0 Å². The van der Waals surface area contributed by atoms with Gasteiger partial charge in [0.25, 0.3) is 0 Å². The smallest absolute Gasteiger partial charge is 0.174 e. The van der Waals surface area contributed by atoms with E-state index in [0.29, 0.717) is 10.1 Å². The number of nitrogens with zero attached hydrogens (tertiary/aromatic N) is 3. The highest BCUT2D eigenvalue weighted by Gasteiger charge is 2.42. The van der Waals surface area contributed by atoms with E-state index in [9.17, 15) is 5.11 Å². The number of methoxy groups -OCH3 is 1. The fraction of sp³-hybridized carbons (Fsp3) is 0.185. The molecule has 6 nitrogen and oxygen atoms in total. The highest BCUT2D eigenvalue weighted by atomic mass is 35.5. The van der Waals surface area contributed by atoms with Gasteiger partial charge in [-0.3, -0.25) is 4.98 Å². The van der Waals surface area contributed by atoms with Gasteiger partial charge in [0.2, 0.25) is 0 Å². The minimum Gasteiger partial charge on any atom is -0.508 e. The number of hydrogen-bond donors (Lipinski definition) is 2. The Balaban J connectivity index is 1.70. The summed E-state index contributed by atoms with van der Waals surface area (Å²) >= 11 is 12.2. The number of halogens is 1. The van der Waals surface area contributed by atoms with Crippen LogP contribution in [0.3, 0.4) is 0 Å². The molecular formula is C27H25ClN4O2S. The Labute approximate surface area is 214 Å². The lowest BCUT2D eigenvalue weighted by atomic mass is 9.96. The zero-order valence-corrected chi connectivity index (χ0v) is 21.1. The normalized spacial score (nSPS) is 17.5. The number of anilines is 1. The Morgan fingerprint density at radius 1 is 1.06 bits per heavy atom. The predicted octanol–water partition coefficient (Wildman–Crippen LogP) is 6.03. The van der Waals surface area contributed by atoms with Crippen molar-refractivity contribution in [2.45, 2.75) is 25.9 Å². The zero-order chi connectivity index (χ0) is 24.7. The second-order valence-electron chi connectivity index (χ2n) is 8.49. The Morgan fingerprint density at radius 2 is 1.83 bits per heavy atom. The number of pyridine rings is 1. The third-order valence-corrected chi connectivity index (χ3v) is 6.95. The predicted molar refractivity (Wildman–Crippen MR) is 143 cm³/mol. The lowest BCUT2D eigenvalue weighted by molar-refractivity contribution is 0.412. The molecule has 4 aromatic rings. The van der Waals surface area contributed by atoms with Gasteiger partial charge in [-0.1, -0.05) is 17.7 Å². The molecule has 0 radical (unpaired) electrons. The van der Waals surface area contributed by atoms with Gasteiger partial charge in [0.05, 0.1) is 30.6 Å². The van der Waals surface area contributed by atoms with Crippen molar-refractivity contribution >= 4 is 34.6 Å². The van der Waals surface area contributed by atoms with Gasteiger partial charge in [-0.05, 0) is 92.3 Å². The number of ether oxygens (including phenoxy) is 1. The summed E-state index contributed by atoms with van der Waals surface area (Å²) in [6.07, 6.45) is 1.79. The van der Waals surface area contributed by atoms with E-state index < -0.39 is 0 Å². The molecule has 0 amide bonds. The molecule has 178 valence electrons. The van der Waals surface area contributed by atoms with Crippen molar-refractivity contribution in [1.29, 1.82) is 0 Å². The Bertz CT molecular complexity index is 1390. The molecule has 1 saturated heterocycles. The molecule has 5 rings (SSSR count). The molecule has 0 unspecified atom stereocenters. The summed E-state index contributed by atoms with van der Waals surface area (Å²) in [7, 11) is 1.66. The van der Waals surface area contributed by atoms with Crippen LogP contribution >= 0.6 is 23.8 Å². The van der Waals surface area contributed by atoms with Gasteiger partial charge in [-0.2, -0.15) is 0 Å². The van der Waals surface area contributed by atoms with E-state index in [-0.39, 0.29) is 17.8 Å². The maximum atomic E-state index is 9.86. The number of phenolic OH excluding ortho intramolecular Hbond substituents is 1. The van der Waals surface area contributed by atoms with Gasteiger partial charge in [0.1, 0.15) is 11.5 Å². The SMILES string of the molecule is COc1ccc(Cl)cc1-n1c(C)cc([C@H]2[C@@H](c3ccccn3)NC(=S)N2c2ccc(O)cc2)c1C. The average Bonchev–Trinajstić information content (AvgIpc) is 3.35. The molecule has 1 aliphatic rings. The van der Waals surface area contributed by atoms with Gasteiger partial charge in [-0.15, -0.1) is 0 Å². The quantitative estimate of drug-likeness (QED) is 0.323. The summed E-state index contributed by atoms with van der Waals surface area (Å²) < 4.78 is 7.81. The van der Waals surface area contributed by atoms with Crippen LogP contribution in [0.15, 0.2) is 72.9 Å². The van der Waals surface area contributed by atoms with E-state index in [1.807, 2.05) is 48.5 Å². The van der Waals surface area contributed by atoms with Crippen molar-refractivity contribution in [3.8, 4) is 17.2 Å². The van der Waals surface area contributed by atoms with E-state index in [1.54, 1.807) is 25.4 Å². The van der Waals surface area contributed by atoms with Crippen LogP contribution in [0.2, 0.25) is 5.02 Å². The maximum Gasteiger partial charge on any atom is 0.174 e. The summed E-state index contributed by atoms with van der Waals surface area (Å²) in [6.45, 7) is 4.16. The Hall–Kier alpha value is -3.55. The molecule has 2 aromatic heterocycles. The summed E-state index contributed by atoms with van der Waals surface area (Å²) in [5.41, 5.74) is 5.84. The first-order chi connectivity index (χ1) is 16.9. The Kier molecular flexibility index (Phi) is 6.13. The van der Waals surface area contributed by atoms with Crippen LogP contribution in [0.5, 0.6) is 11.5 Å². The standard InChI is InChI=1S/C27H25ClN4O2S/c1-16-14-21(17(2)31(16)23-15-18(28)7-12-24(23)34-3)26-25(22-6-4-5-13-29-22)30-27(35)32(26)19-8-10-20(33)11-9-19/h4-15,25-26,33H,1-3H3,(H,30,35)/t25-,26+/m1/s1. The molecule has 2 N–H and O–H groups in total. The van der Waals surface area contributed by atoms with Crippen LogP contribution in [0, 0.1) is 13.8 Å². The van der Waals surface area contributed by atoms with E-state index in [4.69, 9.17) is 28.6 Å². The molecule has 0 spiro atoms. The maximum absolute atomic E-state index is 9.86. The number of benzene rings is 2. The Morgan fingerprint density at radius 3 is 2.51 bits per heavy atom. The summed E-state index contributed by atoms with van der Waals surface area (Å²) in [6, 6.07) is 20.4. The molecule has 2 atom stereocenters. The fourth-order valence-corrected chi connectivity index (χ4v) is 5.37. The van der Waals surface area contributed by atoms with Crippen molar-refractivity contribution in [1.82, 2.24) is 14.9 Å². The van der Waals surface area contributed by atoms with Gasteiger partial charge < -0.3 is 24.6 Å². The zero-order valence-electron chi connectivity index (χ0n) is 19.6. The molecule has 0 saturated carbocycles. The monoisotopic (exact) mass is 504 g/mol. The van der Waals surface area contributed by atoms with Crippen LogP contribution in [-0.4, -0.2) is 26.9 Å². The highest BCUT2D eigenvalue weighted by Crippen LogP contribution is 2.44. The first-order valence-electron chi connectivity index (χ1n) is 11.2. The molecule has 8 heteroatoms. The molecule has 0 bridgehead atoms. The number of phenols is 1. The van der Waals surface area contributed by atoms with Gasteiger partial charge in [-0.25, -0.2) is 0 Å². The van der Waals surface area contributed by atoms with Gasteiger partial charge >= 0.3 is 0 Å². The number of thiocarbonyl (C=S) groups is 1. The molecule has 2 aromatic carbocycles. The second-order valence-corrected chi connectivity index (χ2v) is 9.31. The molecule has 35 heavy (non-hydrogen) atoms. The topological polar surface area (TPSA) is 62.5 Å². The number of rotatable bonds is 5. The number of aromatic hydroxyl groups is 1. The molecule has 1 fully saturated rings. The van der Waals surface area contributed by atoms with Crippen molar-refractivity contribution in [3.05, 3.63) is 101 Å². The number of aromatic nitrogens is 2. The summed E-state index contributed by atoms with van der Waals surface area (Å²) in [5, 5.41) is 14.6. The third-order valence-electron chi connectivity index (χ3n) is 6.40. The number of nitrogens with one attached hydrogen (secondary N) is 1. The highest BCUT2D eigenvalue weighted by molar-refractivity contribution is 7.80. The minimum atomic E-state index is -0.174. The van der Waals surface area contributed by atoms with Crippen LogP contribution in [0.1, 0.15) is 34.7 Å². The van der Waals surface area contributed by atoms with E-state index in [2.05, 4.69) is 39.7 Å². The number of hydrogen-bond acceptors (Lipinski definition) is 4. The van der Waals surface area contributed by atoms with Crippen LogP contribution in [0.25, 0.3) is 5.69 Å². The molecule has 3 heterocycles. The summed E-state index contributed by atoms with van der Waals surface area (Å²) in [5.74, 6) is 0.940. The third kappa shape index (κ3) is 4.11. The molecule has 1 aliphatic heterocycles. The van der Waals surface area contributed by atoms with E-state index in [0.717, 1.165) is 39.8 Å². The van der Waals surface area contributed by atoms with E-state index >= 15 is 0 Å². The first-order valence-corrected chi connectivity index (χ1v) is 12.0. The first kappa shape index (κ1) is 23.2. The summed E-state index contributed by atoms with van der Waals surface area (Å²) in [4.78, 5) is 6.73. The lowest BCUT2D eigenvalue weighted by Crippen LogP contribution is -2.29. The fourth-order valence-electron chi connectivity index (χ4n) is 4.86. The van der Waals surface area contributed by atoms with E-state index in [1.165, 1.54) is 0 Å². The van der Waals surface area contributed by atoms with Crippen LogP contribution < -0.4 is 15.0 Å². The van der Waals surface area contributed by atoms with Crippen molar-refractivity contribution in [3.63, 3.8) is 0 Å². The number of aryl methyl sites for hydroxylation is 1. The largest absolute Gasteiger partial charge is 0.508 e. The van der Waals surface area contributed by atoms with Gasteiger partial charge in [0.15, 0.2) is 5.11 Å². The molecular weight excluding hydrogens is 480 g/mol. The van der Waals surface area contributed by atoms with Gasteiger partial charge in [0, 0.05) is 28.3 Å². The van der Waals surface area contributed by atoms with Crippen molar-refractivity contribution in [2.75, 3.05) is 12.0 Å². The lowest BCUT2D eigenvalue weighted by Gasteiger charge is -2.28. The van der Waals surface area contributed by atoms with Crippen molar-refractivity contribution < 1.29 is 9.84 Å². The average molecular weight is 505 g/mol.